The number of fused-ring (bicyclic) bond motifs is 10. The van der Waals surface area contributed by atoms with E-state index in [2.05, 4.69) is 24.3 Å². The fourth-order valence-corrected chi connectivity index (χ4v) is 9.94. The van der Waals surface area contributed by atoms with Gasteiger partial charge in [-0.15, -0.1) is 0 Å². The van der Waals surface area contributed by atoms with Crippen LogP contribution in [-0.4, -0.2) is 29.6 Å². The van der Waals surface area contributed by atoms with Crippen molar-refractivity contribution < 1.29 is 46.2 Å². The number of amides is 4. The number of benzene rings is 3. The molecule has 9 nitrogen and oxygen atoms in total. The molecule has 3 aromatic carbocycles. The van der Waals surface area contributed by atoms with Crippen LogP contribution in [0.1, 0.15) is 23.2 Å². The van der Waals surface area contributed by atoms with E-state index in [1.807, 2.05) is 0 Å². The molecule has 4 aliphatic carbocycles. The third-order valence-electron chi connectivity index (χ3n) is 10.7. The van der Waals surface area contributed by atoms with E-state index >= 15 is 0 Å². The molecule has 6 aliphatic rings. The van der Waals surface area contributed by atoms with Gasteiger partial charge >= 0.3 is 223 Å². The zero-order valence-electron chi connectivity index (χ0n) is 24.9. The molecule has 0 aromatic heterocycles. The fourth-order valence-electron chi connectivity index (χ4n) is 8.62. The van der Waals surface area contributed by atoms with Crippen molar-refractivity contribution in [3.05, 3.63) is 103 Å². The van der Waals surface area contributed by atoms with Crippen molar-refractivity contribution >= 4 is 50.0 Å². The Morgan fingerprint density at radius 1 is 0.553 bits per heavy atom. The van der Waals surface area contributed by atoms with Gasteiger partial charge in [-0.25, -0.2) is 0 Å². The van der Waals surface area contributed by atoms with Crippen LogP contribution in [-0.2, 0) is 36.6 Å². The zero-order valence-corrected chi connectivity index (χ0v) is 25.9. The number of nitrogens with zero attached hydrogens (tertiary/aromatic N) is 2. The van der Waals surface area contributed by atoms with Crippen molar-refractivity contribution in [3.8, 4) is 5.75 Å². The van der Waals surface area contributed by atoms with Gasteiger partial charge in [0.25, 0.3) is 0 Å². The van der Waals surface area contributed by atoms with Crippen LogP contribution in [0.15, 0.2) is 97.1 Å². The molecule has 3 aromatic rings. The van der Waals surface area contributed by atoms with Crippen LogP contribution in [0.2, 0.25) is 0 Å². The van der Waals surface area contributed by atoms with Gasteiger partial charge in [0.2, 0.25) is 0 Å². The Bertz CT molecular complexity index is 1920. The summed E-state index contributed by atoms with van der Waals surface area (Å²) in [4.78, 5) is 67.8. The number of hydrogen-bond acceptors (Lipinski definition) is 7. The number of carbonyl (C=O) groups excluding carboxylic acids is 5. The first-order valence-electron chi connectivity index (χ1n) is 15.7. The average Bonchev–Trinajstić information content (AvgIpc) is 3.94. The third-order valence-corrected chi connectivity index (χ3v) is 12.5. The van der Waals surface area contributed by atoms with E-state index in [1.165, 1.54) is 21.9 Å². The first-order chi connectivity index (χ1) is 22.8. The third kappa shape index (κ3) is 4.17. The number of hydrogen-bond donors (Lipinski definition) is 0. The Kier molecular flexibility index (Phi) is 6.26. The van der Waals surface area contributed by atoms with Gasteiger partial charge in [0.05, 0.1) is 11.8 Å². The predicted octanol–water partition coefficient (Wildman–Crippen LogP) is 3.44. The number of esters is 1. The van der Waals surface area contributed by atoms with E-state index in [0.717, 1.165) is 12.8 Å². The minimum atomic E-state index is -1.95. The van der Waals surface area contributed by atoms with Gasteiger partial charge < -0.3 is 0 Å². The summed E-state index contributed by atoms with van der Waals surface area (Å²) < 4.78 is 19.9. The Balaban J connectivity index is 0.841. The zero-order chi connectivity index (χ0) is 32.1. The van der Waals surface area contributed by atoms with Crippen LogP contribution in [0.3, 0.4) is 0 Å². The van der Waals surface area contributed by atoms with Crippen molar-refractivity contribution in [2.45, 2.75) is 12.8 Å². The molecule has 2 heterocycles. The van der Waals surface area contributed by atoms with Gasteiger partial charge in [-0.1, -0.05) is 12.2 Å². The summed E-state index contributed by atoms with van der Waals surface area (Å²) in [6.45, 7) is 0. The van der Waals surface area contributed by atoms with Crippen molar-refractivity contribution in [1.82, 2.24) is 0 Å². The van der Waals surface area contributed by atoms with Crippen LogP contribution in [0.5, 0.6) is 5.75 Å². The summed E-state index contributed by atoms with van der Waals surface area (Å²) in [6.07, 6.45) is 9.95. The molecule has 9 rings (SSSR count). The summed E-state index contributed by atoms with van der Waals surface area (Å²) in [6, 6.07) is 19.3. The van der Waals surface area contributed by atoms with E-state index in [0.29, 0.717) is 20.4 Å². The Labute approximate surface area is 273 Å². The molecule has 2 saturated heterocycles. The molecule has 0 radical (unpaired) electrons. The molecule has 8 unspecified atom stereocenters. The molecule has 10 heteroatoms. The van der Waals surface area contributed by atoms with E-state index in [1.54, 1.807) is 60.7 Å². The van der Waals surface area contributed by atoms with Gasteiger partial charge in [0, 0.05) is 0 Å². The standard InChI is InChI=1S/C22H16NO4.C15H12NO2.Co.O/c24-20-18-14-6-7-15(12-14)19(18)21(25)23(20)16-10-8-13(9-11-16)22(26)27-17-4-2-1-3-5-17;17-14-12-9-6-7-10(8-9)13(12)15(18)16(14)11-4-2-1-3-5-11;;/h2-11,14-15,18-19H,12H2;2-7,9-10,12-13H,8H2;;. The van der Waals surface area contributed by atoms with E-state index in [-0.39, 0.29) is 82.3 Å². The maximum absolute atomic E-state index is 13.3. The minimum absolute atomic E-state index is 0.123. The fraction of sp³-hybridized carbons (Fsp3) is 0.270. The quantitative estimate of drug-likeness (QED) is 0.171. The van der Waals surface area contributed by atoms with Crippen LogP contribution in [0, 0.1) is 47.3 Å². The van der Waals surface area contributed by atoms with E-state index in [9.17, 15) is 27.8 Å². The summed E-state index contributed by atoms with van der Waals surface area (Å²) in [5, 5.41) is 0. The van der Waals surface area contributed by atoms with Gasteiger partial charge in [-0.05, 0) is 18.3 Å². The summed E-state index contributed by atoms with van der Waals surface area (Å²) >= 11 is -1.95. The average molecular weight is 672 g/mol. The molecular formula is C37H28CoN2O7. The second-order valence-corrected chi connectivity index (χ2v) is 14.9. The van der Waals surface area contributed by atoms with Gasteiger partial charge in [0.1, 0.15) is 0 Å². The van der Waals surface area contributed by atoms with Crippen LogP contribution < -0.4 is 23.5 Å². The molecule has 0 N–H and O–H groups in total. The second kappa shape index (κ2) is 10.3. The Morgan fingerprint density at radius 3 is 1.32 bits per heavy atom. The summed E-state index contributed by atoms with van der Waals surface area (Å²) in [5.74, 6) is -1.64. The van der Waals surface area contributed by atoms with Gasteiger partial charge in [0.15, 0.2) is 0 Å². The summed E-state index contributed by atoms with van der Waals surface area (Å²) in [5.41, 5.74) is 1.19. The number of allylic oxidation sites excluding steroid dienone is 4. The van der Waals surface area contributed by atoms with E-state index in [4.69, 9.17) is 4.74 Å². The molecular weight excluding hydrogens is 643 g/mol. The predicted molar refractivity (Wildman–Crippen MR) is 165 cm³/mol. The van der Waals surface area contributed by atoms with Crippen molar-refractivity contribution in [1.29, 1.82) is 0 Å². The molecule has 237 valence electrons. The molecule has 2 aliphatic heterocycles. The SMILES string of the molecule is O=C(Oc1cc[c]([Co](=[O])[c]2ccc(N3C(=O)C4C5C=CC(C5)C4C3=O)cc2)cc1)c1ccc(N2C(=O)C3C4C=CC(C4)C3C2=O)cc1. The van der Waals surface area contributed by atoms with Crippen molar-refractivity contribution in [3.63, 3.8) is 0 Å². The number of ether oxygens (including phenoxy) is 1. The van der Waals surface area contributed by atoms with Crippen LogP contribution >= 0.6 is 0 Å². The molecule has 2 saturated carbocycles. The first-order valence-corrected chi connectivity index (χ1v) is 17.2. The topological polar surface area (TPSA) is 118 Å². The number of rotatable bonds is 6. The Hall–Kier alpha value is -4.80. The molecule has 0 spiro atoms. The van der Waals surface area contributed by atoms with Crippen molar-refractivity contribution in [2.24, 2.45) is 47.3 Å². The number of carbonyl (C=O) groups is 5. The molecule has 47 heavy (non-hydrogen) atoms. The van der Waals surface area contributed by atoms with Gasteiger partial charge in [-0.3, -0.25) is 9.59 Å². The van der Waals surface area contributed by atoms with E-state index < -0.39 is 19.6 Å². The molecule has 4 fully saturated rings. The molecule has 4 bridgehead atoms. The first kappa shape index (κ1) is 28.4. The number of anilines is 2. The molecule has 4 amide bonds. The second-order valence-electron chi connectivity index (χ2n) is 13.1. The normalized spacial score (nSPS) is 31.3. The van der Waals surface area contributed by atoms with Crippen molar-refractivity contribution in [2.75, 3.05) is 9.80 Å². The van der Waals surface area contributed by atoms with Crippen LogP contribution in [0.4, 0.5) is 11.4 Å². The number of imide groups is 2. The Morgan fingerprint density at radius 2 is 0.915 bits per heavy atom. The molecule has 8 atom stereocenters. The van der Waals surface area contributed by atoms with Gasteiger partial charge in [-0.2, -0.15) is 0 Å². The maximum atomic E-state index is 13.3. The monoisotopic (exact) mass is 671 g/mol. The summed E-state index contributed by atoms with van der Waals surface area (Å²) in [7, 11) is 0. The van der Waals surface area contributed by atoms with Crippen LogP contribution in [0.25, 0.3) is 0 Å².